The van der Waals surface area contributed by atoms with Gasteiger partial charge in [0, 0.05) is 11.4 Å². The molecule has 0 heterocycles. The molecule has 0 saturated heterocycles. The predicted molar refractivity (Wildman–Crippen MR) is 80.0 cm³/mol. The summed E-state index contributed by atoms with van der Waals surface area (Å²) in [5, 5.41) is 22.4. The van der Waals surface area contributed by atoms with Crippen molar-refractivity contribution < 1.29 is 15.0 Å². The van der Waals surface area contributed by atoms with Gasteiger partial charge in [-0.25, -0.2) is 0 Å². The van der Waals surface area contributed by atoms with Crippen molar-refractivity contribution in [2.45, 2.75) is 38.2 Å². The maximum atomic E-state index is 10.3. The molecule has 4 nitrogen and oxygen atoms in total. The van der Waals surface area contributed by atoms with Gasteiger partial charge in [-0.15, -0.1) is 0 Å². The van der Waals surface area contributed by atoms with Crippen molar-refractivity contribution in [3.05, 3.63) is 34.9 Å². The van der Waals surface area contributed by atoms with E-state index in [-0.39, 0.29) is 6.42 Å². The first kappa shape index (κ1) is 17.0. The smallest absolute Gasteiger partial charge is 0.303 e. The zero-order chi connectivity index (χ0) is 14.8. The summed E-state index contributed by atoms with van der Waals surface area (Å²) in [6.07, 6.45) is 3.02. The minimum atomic E-state index is -0.732. The number of aliphatic hydroxyl groups is 1. The molecule has 1 unspecified atom stereocenters. The fraction of sp³-hybridized carbons (Fsp3) is 0.533. The number of rotatable bonds is 10. The maximum Gasteiger partial charge on any atom is 0.303 e. The number of aliphatic carboxylic acids is 1. The van der Waals surface area contributed by atoms with Crippen LogP contribution in [-0.4, -0.2) is 29.3 Å². The van der Waals surface area contributed by atoms with E-state index in [2.05, 4.69) is 5.32 Å². The quantitative estimate of drug-likeness (QED) is 0.581. The van der Waals surface area contributed by atoms with Gasteiger partial charge in [-0.2, -0.15) is 0 Å². The zero-order valence-corrected chi connectivity index (χ0v) is 12.3. The number of unbranched alkanes of at least 4 members (excludes halogenated alkanes) is 2. The van der Waals surface area contributed by atoms with E-state index in [1.165, 1.54) is 0 Å². The SMILES string of the molecule is O=C(O)CCCCCNCCC(O)c1ccc(Cl)cc1. The summed E-state index contributed by atoms with van der Waals surface area (Å²) in [5.74, 6) is -0.732. The van der Waals surface area contributed by atoms with Crippen molar-refractivity contribution in [3.8, 4) is 0 Å². The van der Waals surface area contributed by atoms with Gasteiger partial charge in [0.25, 0.3) is 0 Å². The Labute approximate surface area is 124 Å². The third-order valence-electron chi connectivity index (χ3n) is 3.09. The molecule has 1 rings (SSSR count). The maximum absolute atomic E-state index is 10.3. The summed E-state index contributed by atoms with van der Waals surface area (Å²) in [6, 6.07) is 7.21. The summed E-state index contributed by atoms with van der Waals surface area (Å²) < 4.78 is 0. The number of carbonyl (C=O) groups is 1. The Kier molecular flexibility index (Phi) is 8.26. The number of carboxylic acid groups (broad SMARTS) is 1. The van der Waals surface area contributed by atoms with Gasteiger partial charge in [-0.05, 0) is 50.0 Å². The molecule has 0 fully saturated rings. The second kappa shape index (κ2) is 9.75. The Bertz CT molecular complexity index is 395. The van der Waals surface area contributed by atoms with Crippen LogP contribution in [0.5, 0.6) is 0 Å². The van der Waals surface area contributed by atoms with Crippen LogP contribution in [0.15, 0.2) is 24.3 Å². The normalized spacial score (nSPS) is 12.3. The largest absolute Gasteiger partial charge is 0.481 e. The van der Waals surface area contributed by atoms with Gasteiger partial charge in [0.05, 0.1) is 6.10 Å². The van der Waals surface area contributed by atoms with Crippen molar-refractivity contribution in [1.82, 2.24) is 5.32 Å². The van der Waals surface area contributed by atoms with E-state index in [0.717, 1.165) is 37.9 Å². The Balaban J connectivity index is 2.03. The van der Waals surface area contributed by atoms with Crippen LogP contribution in [0.3, 0.4) is 0 Å². The number of carboxylic acids is 1. The topological polar surface area (TPSA) is 69.6 Å². The predicted octanol–water partition coefficient (Wildman–Crippen LogP) is 3.00. The first-order valence-electron chi connectivity index (χ1n) is 6.95. The Morgan fingerprint density at radius 3 is 2.50 bits per heavy atom. The van der Waals surface area contributed by atoms with Crippen LogP contribution in [0.1, 0.15) is 43.8 Å². The van der Waals surface area contributed by atoms with Crippen molar-refractivity contribution in [2.24, 2.45) is 0 Å². The summed E-state index contributed by atoms with van der Waals surface area (Å²) in [4.78, 5) is 10.3. The van der Waals surface area contributed by atoms with Crippen molar-refractivity contribution >= 4 is 17.6 Å². The van der Waals surface area contributed by atoms with Gasteiger partial charge in [0.1, 0.15) is 0 Å². The molecule has 0 aliphatic carbocycles. The molecular formula is C15H22ClNO3. The third-order valence-corrected chi connectivity index (χ3v) is 3.35. The van der Waals surface area contributed by atoms with E-state index < -0.39 is 12.1 Å². The molecule has 0 amide bonds. The first-order chi connectivity index (χ1) is 9.59. The molecule has 0 spiro atoms. The van der Waals surface area contributed by atoms with Crippen molar-refractivity contribution in [3.63, 3.8) is 0 Å². The summed E-state index contributed by atoms with van der Waals surface area (Å²) in [7, 11) is 0. The van der Waals surface area contributed by atoms with Crippen LogP contribution >= 0.6 is 11.6 Å². The van der Waals surface area contributed by atoms with Crippen LogP contribution in [0, 0.1) is 0 Å². The number of hydrogen-bond acceptors (Lipinski definition) is 3. The van der Waals surface area contributed by atoms with Gasteiger partial charge in [0.2, 0.25) is 0 Å². The average Bonchev–Trinajstić information content (AvgIpc) is 2.42. The highest BCUT2D eigenvalue weighted by molar-refractivity contribution is 6.30. The summed E-state index contributed by atoms with van der Waals surface area (Å²) >= 11 is 5.79. The Morgan fingerprint density at radius 2 is 1.85 bits per heavy atom. The van der Waals surface area contributed by atoms with Gasteiger partial charge < -0.3 is 15.5 Å². The molecule has 0 aliphatic heterocycles. The van der Waals surface area contributed by atoms with E-state index in [0.29, 0.717) is 11.4 Å². The van der Waals surface area contributed by atoms with Gasteiger partial charge in [-0.3, -0.25) is 4.79 Å². The van der Waals surface area contributed by atoms with Crippen LogP contribution in [0.4, 0.5) is 0 Å². The van der Waals surface area contributed by atoms with E-state index in [1.807, 2.05) is 12.1 Å². The van der Waals surface area contributed by atoms with Crippen LogP contribution in [0.25, 0.3) is 0 Å². The molecule has 1 aromatic carbocycles. The fourth-order valence-electron chi connectivity index (χ4n) is 1.92. The van der Waals surface area contributed by atoms with Crippen LogP contribution in [-0.2, 0) is 4.79 Å². The van der Waals surface area contributed by atoms with Crippen molar-refractivity contribution in [1.29, 1.82) is 0 Å². The molecule has 0 aliphatic rings. The van der Waals surface area contributed by atoms with Gasteiger partial charge in [0.15, 0.2) is 0 Å². The highest BCUT2D eigenvalue weighted by Crippen LogP contribution is 2.18. The first-order valence-corrected chi connectivity index (χ1v) is 7.33. The molecule has 3 N–H and O–H groups in total. The lowest BCUT2D eigenvalue weighted by Crippen LogP contribution is -2.18. The highest BCUT2D eigenvalue weighted by Gasteiger charge is 2.06. The number of hydrogen-bond donors (Lipinski definition) is 3. The number of aliphatic hydroxyl groups excluding tert-OH is 1. The fourth-order valence-corrected chi connectivity index (χ4v) is 2.04. The van der Waals surface area contributed by atoms with Gasteiger partial charge >= 0.3 is 5.97 Å². The van der Waals surface area contributed by atoms with Gasteiger partial charge in [-0.1, -0.05) is 30.2 Å². The number of halogens is 1. The van der Waals surface area contributed by atoms with Crippen molar-refractivity contribution in [2.75, 3.05) is 13.1 Å². The van der Waals surface area contributed by atoms with E-state index in [9.17, 15) is 9.90 Å². The molecule has 0 aromatic heterocycles. The second-order valence-corrected chi connectivity index (χ2v) is 5.25. The van der Waals surface area contributed by atoms with E-state index in [4.69, 9.17) is 16.7 Å². The summed E-state index contributed by atoms with van der Waals surface area (Å²) in [6.45, 7) is 1.59. The number of nitrogens with one attached hydrogen (secondary N) is 1. The zero-order valence-electron chi connectivity index (χ0n) is 11.5. The van der Waals surface area contributed by atoms with Crippen LogP contribution in [0.2, 0.25) is 5.02 Å². The molecule has 20 heavy (non-hydrogen) atoms. The minimum Gasteiger partial charge on any atom is -0.481 e. The second-order valence-electron chi connectivity index (χ2n) is 4.81. The lowest BCUT2D eigenvalue weighted by atomic mass is 10.1. The summed E-state index contributed by atoms with van der Waals surface area (Å²) in [5.41, 5.74) is 0.873. The molecule has 1 aromatic rings. The Morgan fingerprint density at radius 1 is 1.15 bits per heavy atom. The average molecular weight is 300 g/mol. The molecule has 0 bridgehead atoms. The molecule has 5 heteroatoms. The lowest BCUT2D eigenvalue weighted by molar-refractivity contribution is -0.137. The minimum absolute atomic E-state index is 0.245. The molecule has 0 radical (unpaired) electrons. The Hall–Kier alpha value is -1.10. The third kappa shape index (κ3) is 7.48. The highest BCUT2D eigenvalue weighted by atomic mass is 35.5. The molecule has 112 valence electrons. The molecular weight excluding hydrogens is 278 g/mol. The van der Waals surface area contributed by atoms with E-state index in [1.54, 1.807) is 12.1 Å². The lowest BCUT2D eigenvalue weighted by Gasteiger charge is -2.11. The number of benzene rings is 1. The standard InChI is InChI=1S/C15H22ClNO3/c16-13-7-5-12(6-8-13)14(18)9-11-17-10-3-1-2-4-15(19)20/h5-8,14,17-18H,1-4,9-11H2,(H,19,20). The molecule has 0 saturated carbocycles. The monoisotopic (exact) mass is 299 g/mol. The van der Waals surface area contributed by atoms with E-state index >= 15 is 0 Å². The van der Waals surface area contributed by atoms with Crippen LogP contribution < -0.4 is 5.32 Å². The molecule has 1 atom stereocenters.